The smallest absolute Gasteiger partial charge is 0.330 e. The monoisotopic (exact) mass is 298 g/mol. The molecule has 0 bridgehead atoms. The van der Waals surface area contributed by atoms with Crippen LogP contribution in [-0.4, -0.2) is 26.3 Å². The minimum absolute atomic E-state index is 0. The molecule has 1 aromatic rings. The summed E-state index contributed by atoms with van der Waals surface area (Å²) in [5.74, 6) is -0.390. The number of carbonyl (C=O) groups excluding carboxylic acids is 4. The van der Waals surface area contributed by atoms with Gasteiger partial charge in [0.1, 0.15) is 6.61 Å². The molecule has 0 spiro atoms. The number of benzene rings is 1. The van der Waals surface area contributed by atoms with E-state index in [1.165, 1.54) is 0 Å². The fraction of sp³-hybridized carbons (Fsp3) is 0.0769. The van der Waals surface area contributed by atoms with Crippen molar-refractivity contribution in [1.82, 2.24) is 0 Å². The van der Waals surface area contributed by atoms with E-state index in [2.05, 4.69) is 26.9 Å². The van der Waals surface area contributed by atoms with Gasteiger partial charge in [-0.2, -0.15) is 0 Å². The van der Waals surface area contributed by atoms with Gasteiger partial charge in [0.25, 0.3) is 20.4 Å². The van der Waals surface area contributed by atoms with Gasteiger partial charge in [-0.05, 0) is 5.56 Å². The zero-order valence-corrected chi connectivity index (χ0v) is 11.1. The van der Waals surface area contributed by atoms with Crippen molar-refractivity contribution in [3.05, 3.63) is 48.6 Å². The quantitative estimate of drug-likeness (QED) is 0.607. The first-order valence-corrected chi connectivity index (χ1v) is 4.27. The van der Waals surface area contributed by atoms with E-state index in [1.54, 1.807) is 0 Å². The van der Waals surface area contributed by atoms with Crippen LogP contribution in [0.25, 0.3) is 0 Å². The molecule has 0 fully saturated rings. The van der Waals surface area contributed by atoms with Crippen LogP contribution in [0.2, 0.25) is 0 Å². The van der Waals surface area contributed by atoms with Crippen molar-refractivity contribution >= 4 is 26.3 Å². The summed E-state index contributed by atoms with van der Waals surface area (Å²) in [7, 11) is 0. The predicted molar refractivity (Wildman–Crippen MR) is 63.5 cm³/mol. The Balaban J connectivity index is -0.000000142. The van der Waals surface area contributed by atoms with E-state index >= 15 is 0 Å². The Bertz CT molecular complexity index is 311. The van der Waals surface area contributed by atoms with Gasteiger partial charge in [0.15, 0.2) is 0 Å². The van der Waals surface area contributed by atoms with E-state index in [4.69, 9.17) is 19.1 Å². The molecule has 1 aromatic carbocycles. The van der Waals surface area contributed by atoms with Crippen molar-refractivity contribution in [3.8, 4) is 0 Å². The number of esters is 1. The number of hydrogen-bond acceptors (Lipinski definition) is 5. The molecule has 0 N–H and O–H groups in total. The summed E-state index contributed by atoms with van der Waals surface area (Å²) in [4.78, 5) is 33.1. The van der Waals surface area contributed by atoms with Gasteiger partial charge in [0, 0.05) is 23.4 Å². The molecule has 0 aliphatic rings. The van der Waals surface area contributed by atoms with Gasteiger partial charge >= 0.3 is 5.97 Å². The fourth-order valence-corrected chi connectivity index (χ4v) is 0.788. The van der Waals surface area contributed by atoms with Crippen LogP contribution in [0.3, 0.4) is 0 Å². The molecule has 5 nitrogen and oxygen atoms in total. The van der Waals surface area contributed by atoms with Gasteiger partial charge in [-0.25, -0.2) is 4.79 Å². The SMILES string of the molecule is C=CC(=O)OCc1ccccc1.[C]=O.[C]=O.[C]=O.[Cr]. The summed E-state index contributed by atoms with van der Waals surface area (Å²) in [6.07, 6.45) is 1.16. The molecule has 0 amide bonds. The summed E-state index contributed by atoms with van der Waals surface area (Å²) >= 11 is 0. The Morgan fingerprint density at radius 1 is 1.05 bits per heavy atom. The summed E-state index contributed by atoms with van der Waals surface area (Å²) in [6.45, 7) is 17.1. The second-order valence-electron chi connectivity index (χ2n) is 2.30. The molecular formula is C13H10CrO5. The van der Waals surface area contributed by atoms with Crippen molar-refractivity contribution in [2.45, 2.75) is 6.61 Å². The maximum atomic E-state index is 10.6. The third-order valence-electron chi connectivity index (χ3n) is 1.39. The second kappa shape index (κ2) is 25.0. The molecular weight excluding hydrogens is 288 g/mol. The average molecular weight is 298 g/mol. The second-order valence-corrected chi connectivity index (χ2v) is 2.30. The Hall–Kier alpha value is -2.03. The molecule has 98 valence electrons. The normalized spacial score (nSPS) is 6.32. The van der Waals surface area contributed by atoms with Crippen molar-refractivity contribution < 1.29 is 41.3 Å². The van der Waals surface area contributed by atoms with E-state index in [0.29, 0.717) is 6.61 Å². The first-order valence-electron chi connectivity index (χ1n) is 4.27. The van der Waals surface area contributed by atoms with Crippen LogP contribution in [0.4, 0.5) is 0 Å². The predicted octanol–water partition coefficient (Wildman–Crippen LogP) is 0.722. The third kappa shape index (κ3) is 18.5. The first-order chi connectivity index (χ1) is 8.83. The van der Waals surface area contributed by atoms with Gasteiger partial charge in [-0.1, -0.05) is 36.9 Å². The maximum absolute atomic E-state index is 10.6. The molecule has 1 rings (SSSR count). The topological polar surface area (TPSA) is 77.5 Å². The Kier molecular flexibility index (Phi) is 33.8. The van der Waals surface area contributed by atoms with E-state index in [9.17, 15) is 4.79 Å². The largest absolute Gasteiger partial charge is 0.458 e. The number of ether oxygens (including phenoxy) is 1. The third-order valence-corrected chi connectivity index (χ3v) is 1.39. The van der Waals surface area contributed by atoms with Crippen LogP contribution in [-0.2, 0) is 47.9 Å². The van der Waals surface area contributed by atoms with Gasteiger partial charge in [-0.15, -0.1) is 0 Å². The summed E-state index contributed by atoms with van der Waals surface area (Å²) < 4.78 is 4.82. The van der Waals surface area contributed by atoms with Crippen LogP contribution in [0, 0.1) is 0 Å². The molecule has 0 heterocycles. The maximum Gasteiger partial charge on any atom is 0.330 e. The van der Waals surface area contributed by atoms with Crippen molar-refractivity contribution in [2.24, 2.45) is 0 Å². The summed E-state index contributed by atoms with van der Waals surface area (Å²) in [5.41, 5.74) is 0.979. The van der Waals surface area contributed by atoms with Crippen LogP contribution >= 0.6 is 0 Å². The van der Waals surface area contributed by atoms with Crippen LogP contribution in [0.15, 0.2) is 43.0 Å². The molecule has 0 atom stereocenters. The standard InChI is InChI=1S/C10H10O2.3CO.Cr/c1-2-10(11)12-8-9-6-4-3-5-7-9;3*1-2;/h2-7H,1,8H2;;;;. The average Bonchev–Trinajstić information content (AvgIpc) is 2.52. The Labute approximate surface area is 123 Å². The van der Waals surface area contributed by atoms with Gasteiger partial charge in [-0.3, -0.25) is 14.4 Å². The van der Waals surface area contributed by atoms with Crippen molar-refractivity contribution in [2.75, 3.05) is 0 Å². The molecule has 0 saturated heterocycles. The molecule has 6 radical (unpaired) electrons. The van der Waals surface area contributed by atoms with Gasteiger partial charge < -0.3 is 4.74 Å². The molecule has 6 heteroatoms. The number of hydrogen-bond donors (Lipinski definition) is 0. The van der Waals surface area contributed by atoms with Gasteiger partial charge in [0.2, 0.25) is 0 Å². The van der Waals surface area contributed by atoms with Crippen LogP contribution in [0.5, 0.6) is 0 Å². The first kappa shape index (κ1) is 25.7. The Morgan fingerprint density at radius 3 is 1.84 bits per heavy atom. The van der Waals surface area contributed by atoms with Crippen LogP contribution < -0.4 is 0 Å². The van der Waals surface area contributed by atoms with Gasteiger partial charge in [0.05, 0.1) is 0 Å². The van der Waals surface area contributed by atoms with E-state index in [1.807, 2.05) is 30.3 Å². The number of rotatable bonds is 3. The summed E-state index contributed by atoms with van der Waals surface area (Å²) in [6, 6.07) is 9.51. The molecule has 0 aliphatic heterocycles. The minimum atomic E-state index is -0.390. The van der Waals surface area contributed by atoms with Crippen molar-refractivity contribution in [3.63, 3.8) is 0 Å². The molecule has 0 aliphatic carbocycles. The van der Waals surface area contributed by atoms with E-state index in [0.717, 1.165) is 11.6 Å². The zero-order chi connectivity index (χ0) is 14.8. The fourth-order valence-electron chi connectivity index (χ4n) is 0.788. The molecule has 0 unspecified atom stereocenters. The van der Waals surface area contributed by atoms with E-state index in [-0.39, 0.29) is 23.3 Å². The zero-order valence-electron chi connectivity index (χ0n) is 9.83. The number of carbonyl (C=O) groups is 1. The van der Waals surface area contributed by atoms with Crippen LogP contribution in [0.1, 0.15) is 5.56 Å². The molecule has 19 heavy (non-hydrogen) atoms. The molecule has 0 aromatic heterocycles. The Morgan fingerprint density at radius 2 is 1.47 bits per heavy atom. The minimum Gasteiger partial charge on any atom is -0.458 e. The van der Waals surface area contributed by atoms with Crippen molar-refractivity contribution in [1.29, 1.82) is 0 Å². The molecule has 0 saturated carbocycles. The summed E-state index contributed by atoms with van der Waals surface area (Å²) in [5, 5.41) is 0. The van der Waals surface area contributed by atoms with E-state index < -0.39 is 0 Å².